The number of allylic oxidation sites excluding steroid dienone is 1. The first-order valence-electron chi connectivity index (χ1n) is 7.28. The molecule has 0 saturated heterocycles. The van der Waals surface area contributed by atoms with Crippen molar-refractivity contribution in [3.05, 3.63) is 62.3 Å². The van der Waals surface area contributed by atoms with Crippen LogP contribution in [0.3, 0.4) is 0 Å². The van der Waals surface area contributed by atoms with Gasteiger partial charge in [0.1, 0.15) is 5.82 Å². The predicted octanol–water partition coefficient (Wildman–Crippen LogP) is 4.42. The number of benzene rings is 1. The van der Waals surface area contributed by atoms with Crippen LogP contribution in [-0.4, -0.2) is 9.55 Å². The minimum absolute atomic E-state index is 0.0826. The van der Waals surface area contributed by atoms with Gasteiger partial charge in [-0.05, 0) is 58.7 Å². The van der Waals surface area contributed by atoms with Crippen LogP contribution in [0.5, 0.6) is 0 Å². The van der Waals surface area contributed by atoms with Gasteiger partial charge in [-0.1, -0.05) is 0 Å². The molecule has 0 N–H and O–H groups in total. The fourth-order valence-electron chi connectivity index (χ4n) is 2.89. The van der Waals surface area contributed by atoms with Crippen molar-refractivity contribution in [2.24, 2.45) is 0 Å². The molecule has 122 valence electrons. The number of nitrogens with zero attached hydrogens (tertiary/aromatic N) is 2. The van der Waals surface area contributed by atoms with Crippen molar-refractivity contribution in [2.75, 3.05) is 0 Å². The molecule has 0 atom stereocenters. The highest BCUT2D eigenvalue weighted by Crippen LogP contribution is 2.32. The van der Waals surface area contributed by atoms with Crippen molar-refractivity contribution >= 4 is 33.9 Å². The smallest absolute Gasteiger partial charge is 0.292 e. The fourth-order valence-corrected chi connectivity index (χ4v) is 3.51. The maximum atomic E-state index is 12.9. The Morgan fingerprint density at radius 1 is 1.25 bits per heavy atom. The maximum absolute atomic E-state index is 12.9. The Balaban J connectivity index is 1.92. The molecule has 0 bridgehead atoms. The summed E-state index contributed by atoms with van der Waals surface area (Å²) in [6, 6.07) is 5.02. The lowest BCUT2D eigenvalue weighted by Crippen LogP contribution is -2.21. The van der Waals surface area contributed by atoms with Crippen LogP contribution in [0.25, 0.3) is 22.6 Å². The maximum Gasteiger partial charge on any atom is 0.416 e. The first-order valence-corrected chi connectivity index (χ1v) is 8.23. The third kappa shape index (κ3) is 2.45. The molecule has 7 heteroatoms. The quantitative estimate of drug-likeness (QED) is 0.652. The number of alkyl halides is 3. The first kappa shape index (κ1) is 15.1. The van der Waals surface area contributed by atoms with E-state index in [9.17, 15) is 18.0 Å². The van der Waals surface area contributed by atoms with Crippen LogP contribution in [0.4, 0.5) is 13.2 Å². The summed E-state index contributed by atoms with van der Waals surface area (Å²) in [5.74, 6) is 0.457. The van der Waals surface area contributed by atoms with Gasteiger partial charge in [0.15, 0.2) is 0 Å². The van der Waals surface area contributed by atoms with Crippen LogP contribution >= 0.6 is 11.3 Å². The number of hydrogen-bond donors (Lipinski definition) is 0. The van der Waals surface area contributed by atoms with E-state index in [1.54, 1.807) is 11.3 Å². The molecule has 1 aliphatic heterocycles. The van der Waals surface area contributed by atoms with Gasteiger partial charge < -0.3 is 0 Å². The average Bonchev–Trinajstić information content (AvgIpc) is 3.17. The number of aromatic nitrogens is 2. The Morgan fingerprint density at radius 3 is 2.79 bits per heavy atom. The molecule has 0 saturated carbocycles. The summed E-state index contributed by atoms with van der Waals surface area (Å²) < 4.78 is 40.2. The van der Waals surface area contributed by atoms with Crippen molar-refractivity contribution < 1.29 is 13.2 Å². The standard InChI is InChI=1S/C17H11F3N2OS/c18-17(19,20)12-1-2-13-14(8-12)21-15-11(3-5-22(15)16(13)23)7-10-4-6-24-9-10/h1-2,4,6-9H,3,5H2/b11-7+. The highest BCUT2D eigenvalue weighted by Gasteiger charge is 2.31. The minimum Gasteiger partial charge on any atom is -0.292 e. The van der Waals surface area contributed by atoms with E-state index in [1.807, 2.05) is 22.9 Å². The van der Waals surface area contributed by atoms with Crippen LogP contribution in [0.2, 0.25) is 0 Å². The van der Waals surface area contributed by atoms with Crippen LogP contribution < -0.4 is 5.56 Å². The number of hydrogen-bond acceptors (Lipinski definition) is 3. The predicted molar refractivity (Wildman–Crippen MR) is 87.8 cm³/mol. The highest BCUT2D eigenvalue weighted by atomic mass is 32.1. The molecular formula is C17H11F3N2OS. The third-order valence-corrected chi connectivity index (χ3v) is 4.76. The lowest BCUT2D eigenvalue weighted by atomic mass is 10.1. The summed E-state index contributed by atoms with van der Waals surface area (Å²) in [7, 11) is 0. The molecule has 0 unspecified atom stereocenters. The largest absolute Gasteiger partial charge is 0.416 e. The van der Waals surface area contributed by atoms with Gasteiger partial charge >= 0.3 is 6.18 Å². The zero-order chi connectivity index (χ0) is 16.9. The number of thiophene rings is 1. The second-order valence-electron chi connectivity index (χ2n) is 5.60. The van der Waals surface area contributed by atoms with E-state index >= 15 is 0 Å². The average molecular weight is 348 g/mol. The molecule has 3 aromatic rings. The molecule has 1 aromatic carbocycles. The Labute approximate surface area is 138 Å². The normalized spacial score (nSPS) is 16.0. The Hall–Kier alpha value is -2.41. The van der Waals surface area contributed by atoms with Crippen LogP contribution in [0, 0.1) is 0 Å². The number of fused-ring (bicyclic) bond motifs is 2. The molecule has 3 nitrogen and oxygen atoms in total. The zero-order valence-corrected chi connectivity index (χ0v) is 13.1. The molecule has 4 rings (SSSR count). The molecule has 1 aliphatic rings. The minimum atomic E-state index is -4.46. The van der Waals surface area contributed by atoms with Crippen molar-refractivity contribution in [2.45, 2.75) is 19.1 Å². The summed E-state index contributed by atoms with van der Waals surface area (Å²) in [6.45, 7) is 0.494. The van der Waals surface area contributed by atoms with E-state index in [4.69, 9.17) is 0 Å². The second-order valence-corrected chi connectivity index (χ2v) is 6.38. The van der Waals surface area contributed by atoms with Crippen LogP contribution in [0.15, 0.2) is 39.8 Å². The summed E-state index contributed by atoms with van der Waals surface area (Å²) in [5.41, 5.74) is 0.858. The lowest BCUT2D eigenvalue weighted by molar-refractivity contribution is -0.137. The van der Waals surface area contributed by atoms with Crippen molar-refractivity contribution in [1.82, 2.24) is 9.55 Å². The molecule has 24 heavy (non-hydrogen) atoms. The molecule has 0 aliphatic carbocycles. The topological polar surface area (TPSA) is 34.9 Å². The van der Waals surface area contributed by atoms with Gasteiger partial charge in [0.2, 0.25) is 0 Å². The van der Waals surface area contributed by atoms with Crippen molar-refractivity contribution in [1.29, 1.82) is 0 Å². The molecule has 0 radical (unpaired) electrons. The SMILES string of the molecule is O=c1c2ccc(C(F)(F)F)cc2nc2n1CC/C2=C\c1ccsc1. The van der Waals surface area contributed by atoms with Gasteiger partial charge in [-0.2, -0.15) is 24.5 Å². The van der Waals surface area contributed by atoms with Crippen LogP contribution in [-0.2, 0) is 12.7 Å². The summed E-state index contributed by atoms with van der Waals surface area (Å²) in [5, 5.41) is 4.12. The number of rotatable bonds is 1. The van der Waals surface area contributed by atoms with Gasteiger partial charge in [0, 0.05) is 6.54 Å². The monoisotopic (exact) mass is 348 g/mol. The van der Waals surface area contributed by atoms with E-state index in [0.29, 0.717) is 18.8 Å². The number of halogens is 3. The third-order valence-electron chi connectivity index (χ3n) is 4.06. The van der Waals surface area contributed by atoms with E-state index in [0.717, 1.165) is 23.3 Å². The molecule has 0 spiro atoms. The zero-order valence-electron chi connectivity index (χ0n) is 12.3. The molecule has 3 heterocycles. The Bertz CT molecular complexity index is 1020. The van der Waals surface area contributed by atoms with E-state index in [2.05, 4.69) is 4.98 Å². The lowest BCUT2D eigenvalue weighted by Gasteiger charge is -2.09. The van der Waals surface area contributed by atoms with E-state index < -0.39 is 11.7 Å². The Kier molecular flexibility index (Phi) is 3.35. The molecule has 2 aromatic heterocycles. The van der Waals surface area contributed by atoms with Gasteiger partial charge in [-0.15, -0.1) is 0 Å². The molecular weight excluding hydrogens is 337 g/mol. The van der Waals surface area contributed by atoms with Crippen LogP contribution in [0.1, 0.15) is 23.4 Å². The molecule has 0 amide bonds. The second kappa shape index (κ2) is 5.31. The first-order chi connectivity index (χ1) is 11.4. The van der Waals surface area contributed by atoms with E-state index in [1.165, 1.54) is 10.6 Å². The van der Waals surface area contributed by atoms with Crippen molar-refractivity contribution in [3.63, 3.8) is 0 Å². The summed E-state index contributed by atoms with van der Waals surface area (Å²) in [4.78, 5) is 16.9. The highest BCUT2D eigenvalue weighted by molar-refractivity contribution is 7.08. The summed E-state index contributed by atoms with van der Waals surface area (Å²) >= 11 is 1.56. The van der Waals surface area contributed by atoms with Gasteiger partial charge in [-0.25, -0.2) is 4.98 Å². The fraction of sp³-hybridized carbons (Fsp3) is 0.176. The molecule has 0 fully saturated rings. The van der Waals surface area contributed by atoms with Gasteiger partial charge in [-0.3, -0.25) is 9.36 Å². The van der Waals surface area contributed by atoms with Crippen molar-refractivity contribution in [3.8, 4) is 0 Å². The van der Waals surface area contributed by atoms with Gasteiger partial charge in [0.05, 0.1) is 16.5 Å². The van der Waals surface area contributed by atoms with Gasteiger partial charge in [0.25, 0.3) is 5.56 Å². The van der Waals surface area contributed by atoms with E-state index in [-0.39, 0.29) is 16.5 Å². The summed E-state index contributed by atoms with van der Waals surface area (Å²) in [6.07, 6.45) is -1.89. The Morgan fingerprint density at radius 2 is 2.08 bits per heavy atom.